The predicted molar refractivity (Wildman–Crippen MR) is 54.3 cm³/mol. The molecule has 0 atom stereocenters. The topological polar surface area (TPSA) is 33.0 Å². The van der Waals surface area contributed by atoms with Crippen LogP contribution in [0.2, 0.25) is 0 Å². The van der Waals surface area contributed by atoms with Crippen LogP contribution in [0, 0.1) is 11.3 Å². The molecule has 0 aliphatic heterocycles. The van der Waals surface area contributed by atoms with E-state index in [1.807, 2.05) is 0 Å². The Kier molecular flexibility index (Phi) is 2.63. The van der Waals surface area contributed by atoms with Gasteiger partial charge in [-0.05, 0) is 5.41 Å². The van der Waals surface area contributed by atoms with Gasteiger partial charge in [-0.3, -0.25) is 0 Å². The van der Waals surface area contributed by atoms with Crippen LogP contribution in [-0.4, -0.2) is 7.11 Å². The van der Waals surface area contributed by atoms with Gasteiger partial charge in [-0.15, -0.1) is 11.3 Å². The first-order valence-electron chi connectivity index (χ1n) is 4.07. The Morgan fingerprint density at radius 3 is 2.38 bits per heavy atom. The normalized spacial score (nSPS) is 11.0. The Morgan fingerprint density at radius 2 is 2.08 bits per heavy atom. The first-order valence-corrected chi connectivity index (χ1v) is 4.89. The molecule has 0 bridgehead atoms. The monoisotopic (exact) mass is 195 g/mol. The van der Waals surface area contributed by atoms with Crippen molar-refractivity contribution in [2.45, 2.75) is 26.2 Å². The predicted octanol–water partition coefficient (Wildman–Crippen LogP) is 2.93. The smallest absolute Gasteiger partial charge is 0.134 e. The van der Waals surface area contributed by atoms with Gasteiger partial charge in [0.05, 0.1) is 12.0 Å². The fraction of sp³-hybridized carbons (Fsp3) is 0.500. The van der Waals surface area contributed by atoms with Gasteiger partial charge in [0.2, 0.25) is 0 Å². The van der Waals surface area contributed by atoms with E-state index in [1.165, 1.54) is 11.3 Å². The van der Waals surface area contributed by atoms with Gasteiger partial charge in [0.1, 0.15) is 16.7 Å². The fourth-order valence-electron chi connectivity index (χ4n) is 1.10. The van der Waals surface area contributed by atoms with E-state index in [0.29, 0.717) is 4.88 Å². The molecular formula is C10H13NOS. The quantitative estimate of drug-likeness (QED) is 0.690. The molecule has 2 nitrogen and oxygen atoms in total. The molecule has 0 saturated carbocycles. The Labute approximate surface area is 82.8 Å². The number of thiophene rings is 1. The van der Waals surface area contributed by atoms with Crippen molar-refractivity contribution in [3.8, 4) is 11.8 Å². The van der Waals surface area contributed by atoms with Crippen molar-refractivity contribution in [2.24, 2.45) is 0 Å². The number of ether oxygens (including phenoxy) is 1. The molecule has 1 aromatic heterocycles. The summed E-state index contributed by atoms with van der Waals surface area (Å²) in [4.78, 5) is 1.84. The Bertz CT molecular complexity index is 341. The summed E-state index contributed by atoms with van der Waals surface area (Å²) in [5.41, 5.74) is 0.0467. The summed E-state index contributed by atoms with van der Waals surface area (Å²) >= 11 is 1.50. The summed E-state index contributed by atoms with van der Waals surface area (Å²) in [7, 11) is 1.64. The van der Waals surface area contributed by atoms with E-state index >= 15 is 0 Å². The third-order valence-electron chi connectivity index (χ3n) is 1.71. The van der Waals surface area contributed by atoms with Gasteiger partial charge < -0.3 is 4.74 Å². The number of methoxy groups -OCH3 is 1. The maximum absolute atomic E-state index is 8.74. The summed E-state index contributed by atoms with van der Waals surface area (Å²) < 4.78 is 5.21. The van der Waals surface area contributed by atoms with Gasteiger partial charge in [-0.25, -0.2) is 0 Å². The molecule has 1 aromatic rings. The van der Waals surface area contributed by atoms with Crippen molar-refractivity contribution in [1.29, 1.82) is 5.26 Å². The van der Waals surface area contributed by atoms with E-state index in [-0.39, 0.29) is 5.41 Å². The van der Waals surface area contributed by atoms with Gasteiger partial charge in [-0.1, -0.05) is 20.8 Å². The van der Waals surface area contributed by atoms with E-state index in [0.717, 1.165) is 10.6 Å². The Morgan fingerprint density at radius 1 is 1.46 bits per heavy atom. The fourth-order valence-corrected chi connectivity index (χ4v) is 2.08. The second kappa shape index (κ2) is 3.39. The average Bonchev–Trinajstić information content (AvgIpc) is 2.46. The van der Waals surface area contributed by atoms with Crippen molar-refractivity contribution in [3.05, 3.63) is 15.8 Å². The number of nitriles is 1. The number of nitrogens with zero attached hydrogens (tertiary/aromatic N) is 1. The van der Waals surface area contributed by atoms with Gasteiger partial charge in [-0.2, -0.15) is 5.26 Å². The molecule has 1 rings (SSSR count). The van der Waals surface area contributed by atoms with Gasteiger partial charge >= 0.3 is 0 Å². The molecule has 3 heteroatoms. The number of hydrogen-bond donors (Lipinski definition) is 0. The first kappa shape index (κ1) is 10.1. The van der Waals surface area contributed by atoms with Crippen LogP contribution in [0.15, 0.2) is 6.07 Å². The Hall–Kier alpha value is -1.01. The molecule has 1 heterocycles. The summed E-state index contributed by atoms with van der Waals surface area (Å²) in [5.74, 6) is 0.828. The highest BCUT2D eigenvalue weighted by Crippen LogP contribution is 2.38. The average molecular weight is 195 g/mol. The number of hydrogen-bond acceptors (Lipinski definition) is 3. The van der Waals surface area contributed by atoms with Gasteiger partial charge in [0.25, 0.3) is 0 Å². The molecular weight excluding hydrogens is 182 g/mol. The highest BCUT2D eigenvalue weighted by molar-refractivity contribution is 7.13. The molecule has 0 unspecified atom stereocenters. The minimum Gasteiger partial charge on any atom is -0.496 e. The lowest BCUT2D eigenvalue weighted by Gasteiger charge is -2.17. The van der Waals surface area contributed by atoms with Crippen LogP contribution < -0.4 is 4.74 Å². The molecule has 0 saturated heterocycles. The Balaban J connectivity index is 3.21. The zero-order valence-corrected chi connectivity index (χ0v) is 9.16. The van der Waals surface area contributed by atoms with E-state index in [9.17, 15) is 0 Å². The summed E-state index contributed by atoms with van der Waals surface area (Å²) in [6, 6.07) is 3.93. The molecule has 0 spiro atoms. The lowest BCUT2D eigenvalue weighted by molar-refractivity contribution is 0.402. The maximum atomic E-state index is 8.74. The van der Waals surface area contributed by atoms with Crippen LogP contribution in [0.25, 0.3) is 0 Å². The molecule has 0 fully saturated rings. The van der Waals surface area contributed by atoms with Crippen LogP contribution >= 0.6 is 11.3 Å². The molecule has 0 aromatic carbocycles. The van der Waals surface area contributed by atoms with E-state index in [4.69, 9.17) is 10.00 Å². The second-order valence-corrected chi connectivity index (χ2v) is 4.92. The highest BCUT2D eigenvalue weighted by Gasteiger charge is 2.22. The largest absolute Gasteiger partial charge is 0.496 e. The van der Waals surface area contributed by atoms with Crippen LogP contribution in [0.5, 0.6) is 5.75 Å². The minimum absolute atomic E-state index is 0.0467. The van der Waals surface area contributed by atoms with Crippen LogP contribution in [0.4, 0.5) is 0 Å². The van der Waals surface area contributed by atoms with Crippen molar-refractivity contribution < 1.29 is 4.74 Å². The third kappa shape index (κ3) is 2.02. The third-order valence-corrected chi connectivity index (χ3v) is 3.16. The van der Waals surface area contributed by atoms with Crippen molar-refractivity contribution in [3.63, 3.8) is 0 Å². The van der Waals surface area contributed by atoms with Crippen LogP contribution in [0.3, 0.4) is 0 Å². The van der Waals surface area contributed by atoms with E-state index in [2.05, 4.69) is 26.8 Å². The zero-order valence-electron chi connectivity index (χ0n) is 8.34. The van der Waals surface area contributed by atoms with Crippen molar-refractivity contribution in [1.82, 2.24) is 0 Å². The molecule has 0 aliphatic carbocycles. The van der Waals surface area contributed by atoms with Crippen LogP contribution in [0.1, 0.15) is 30.5 Å². The maximum Gasteiger partial charge on any atom is 0.134 e. The zero-order chi connectivity index (χ0) is 10.1. The summed E-state index contributed by atoms with van der Waals surface area (Å²) in [6.45, 7) is 6.34. The van der Waals surface area contributed by atoms with Gasteiger partial charge in [0.15, 0.2) is 0 Å². The molecule has 70 valence electrons. The SMILES string of the molecule is COc1cc(C#N)sc1C(C)(C)C. The molecule has 0 radical (unpaired) electrons. The molecule has 0 amide bonds. The second-order valence-electron chi connectivity index (χ2n) is 3.87. The van der Waals surface area contributed by atoms with Gasteiger partial charge in [0, 0.05) is 6.07 Å². The van der Waals surface area contributed by atoms with Crippen LogP contribution in [-0.2, 0) is 5.41 Å². The lowest BCUT2D eigenvalue weighted by atomic mass is 9.94. The highest BCUT2D eigenvalue weighted by atomic mass is 32.1. The van der Waals surface area contributed by atoms with Crippen molar-refractivity contribution >= 4 is 11.3 Å². The first-order chi connectivity index (χ1) is 5.99. The van der Waals surface area contributed by atoms with Crippen molar-refractivity contribution in [2.75, 3.05) is 7.11 Å². The molecule has 0 aliphatic rings. The summed E-state index contributed by atoms with van der Waals surface area (Å²) in [5, 5.41) is 8.74. The van der Waals surface area contributed by atoms with E-state index in [1.54, 1.807) is 13.2 Å². The van der Waals surface area contributed by atoms with E-state index < -0.39 is 0 Å². The standard InChI is InChI=1S/C10H13NOS/c1-10(2,3)9-8(12-4)5-7(6-11)13-9/h5H,1-4H3. The molecule has 13 heavy (non-hydrogen) atoms. The minimum atomic E-state index is 0.0467. The lowest BCUT2D eigenvalue weighted by Crippen LogP contribution is -2.09. The summed E-state index contributed by atoms with van der Waals surface area (Å²) in [6.07, 6.45) is 0. The molecule has 0 N–H and O–H groups in total. The number of rotatable bonds is 1.